The Morgan fingerprint density at radius 2 is 1.58 bits per heavy atom. The SMILES string of the molecule is CCC.CC[C@]1(C)CC1(C)c1ccccc1C(=Nc1ccccc1C)N=C(N)C(C)C. The number of nitrogens with zero attached hydrogens (tertiary/aromatic N) is 2. The molecule has 0 bridgehead atoms. The van der Waals surface area contributed by atoms with Crippen molar-refractivity contribution in [3.05, 3.63) is 65.2 Å². The third-order valence-electron chi connectivity index (χ3n) is 6.66. The van der Waals surface area contributed by atoms with Gasteiger partial charge in [-0.2, -0.15) is 0 Å². The molecule has 0 saturated heterocycles. The first-order valence-corrected chi connectivity index (χ1v) is 11.7. The van der Waals surface area contributed by atoms with Crippen LogP contribution in [-0.4, -0.2) is 11.7 Å². The topological polar surface area (TPSA) is 50.7 Å². The van der Waals surface area contributed by atoms with Crippen molar-refractivity contribution in [2.75, 3.05) is 0 Å². The molecule has 0 aromatic heterocycles. The molecule has 0 radical (unpaired) electrons. The van der Waals surface area contributed by atoms with Gasteiger partial charge in [-0.05, 0) is 47.8 Å². The van der Waals surface area contributed by atoms with E-state index in [0.717, 1.165) is 16.8 Å². The maximum atomic E-state index is 6.27. The average molecular weight is 420 g/mol. The summed E-state index contributed by atoms with van der Waals surface area (Å²) in [6.45, 7) is 17.5. The van der Waals surface area contributed by atoms with Crippen LogP contribution in [0.2, 0.25) is 0 Å². The predicted molar refractivity (Wildman–Crippen MR) is 137 cm³/mol. The summed E-state index contributed by atoms with van der Waals surface area (Å²) in [6.07, 6.45) is 3.61. The molecular formula is C28H41N3. The fourth-order valence-electron chi connectivity index (χ4n) is 4.03. The van der Waals surface area contributed by atoms with E-state index in [9.17, 15) is 0 Å². The first-order chi connectivity index (χ1) is 14.6. The molecule has 3 rings (SSSR count). The van der Waals surface area contributed by atoms with E-state index in [4.69, 9.17) is 15.7 Å². The summed E-state index contributed by atoms with van der Waals surface area (Å²) in [4.78, 5) is 9.78. The van der Waals surface area contributed by atoms with Crippen molar-refractivity contribution >= 4 is 17.4 Å². The number of para-hydroxylation sites is 1. The lowest BCUT2D eigenvalue weighted by Crippen LogP contribution is -2.22. The highest BCUT2D eigenvalue weighted by molar-refractivity contribution is 6.08. The van der Waals surface area contributed by atoms with Crippen LogP contribution in [0.15, 0.2) is 58.5 Å². The van der Waals surface area contributed by atoms with Gasteiger partial charge in [-0.1, -0.05) is 97.4 Å². The first-order valence-electron chi connectivity index (χ1n) is 11.7. The van der Waals surface area contributed by atoms with Crippen LogP contribution < -0.4 is 5.73 Å². The Hall–Kier alpha value is -2.42. The van der Waals surface area contributed by atoms with E-state index < -0.39 is 0 Å². The zero-order valence-corrected chi connectivity index (χ0v) is 20.8. The number of nitrogens with two attached hydrogens (primary N) is 1. The molecule has 0 spiro atoms. The van der Waals surface area contributed by atoms with Gasteiger partial charge in [0.1, 0.15) is 5.84 Å². The van der Waals surface area contributed by atoms with Crippen molar-refractivity contribution in [2.24, 2.45) is 27.1 Å². The summed E-state index contributed by atoms with van der Waals surface area (Å²) in [5.41, 5.74) is 11.2. The van der Waals surface area contributed by atoms with Gasteiger partial charge in [0, 0.05) is 11.5 Å². The van der Waals surface area contributed by atoms with Crippen molar-refractivity contribution in [3.8, 4) is 0 Å². The second-order valence-corrected chi connectivity index (χ2v) is 9.59. The molecule has 31 heavy (non-hydrogen) atoms. The number of aliphatic imine (C=N–C) groups is 2. The first kappa shape index (κ1) is 24.8. The van der Waals surface area contributed by atoms with Gasteiger partial charge < -0.3 is 5.73 Å². The van der Waals surface area contributed by atoms with Crippen LogP contribution in [0.5, 0.6) is 0 Å². The summed E-state index contributed by atoms with van der Waals surface area (Å²) < 4.78 is 0. The van der Waals surface area contributed by atoms with E-state index in [-0.39, 0.29) is 11.3 Å². The number of hydrogen-bond donors (Lipinski definition) is 1. The molecule has 1 aliphatic rings. The highest BCUT2D eigenvalue weighted by Gasteiger charge is 2.61. The molecule has 168 valence electrons. The molecule has 2 N–H and O–H groups in total. The molecule has 2 aromatic carbocycles. The Balaban J connectivity index is 0.00000107. The highest BCUT2D eigenvalue weighted by Crippen LogP contribution is 2.66. The van der Waals surface area contributed by atoms with Gasteiger partial charge >= 0.3 is 0 Å². The van der Waals surface area contributed by atoms with Gasteiger partial charge in [-0.15, -0.1) is 0 Å². The van der Waals surface area contributed by atoms with Gasteiger partial charge in [0.25, 0.3) is 0 Å². The Kier molecular flexibility index (Phi) is 8.22. The van der Waals surface area contributed by atoms with Gasteiger partial charge in [-0.25, -0.2) is 9.98 Å². The summed E-state index contributed by atoms with van der Waals surface area (Å²) in [5.74, 6) is 1.50. The molecule has 2 aromatic rings. The van der Waals surface area contributed by atoms with Crippen LogP contribution in [0, 0.1) is 18.3 Å². The number of benzene rings is 2. The van der Waals surface area contributed by atoms with Gasteiger partial charge in [0.15, 0.2) is 5.84 Å². The molecule has 0 aliphatic heterocycles. The Labute approximate surface area is 189 Å². The van der Waals surface area contributed by atoms with Crippen LogP contribution in [0.4, 0.5) is 5.69 Å². The molecular weight excluding hydrogens is 378 g/mol. The zero-order chi connectivity index (χ0) is 23.2. The number of amidine groups is 2. The maximum absolute atomic E-state index is 6.27. The minimum absolute atomic E-state index is 0.146. The second-order valence-electron chi connectivity index (χ2n) is 9.59. The predicted octanol–water partition coefficient (Wildman–Crippen LogP) is 7.58. The molecule has 0 heterocycles. The second kappa shape index (κ2) is 10.3. The molecule has 1 saturated carbocycles. The number of rotatable bonds is 5. The van der Waals surface area contributed by atoms with Crippen molar-refractivity contribution in [1.29, 1.82) is 0 Å². The number of aryl methyl sites for hydroxylation is 1. The van der Waals surface area contributed by atoms with E-state index in [2.05, 4.69) is 85.7 Å². The third-order valence-corrected chi connectivity index (χ3v) is 6.66. The standard InChI is InChI=1S/C25H33N3.C3H8/c1-7-24(5)16-25(24,6)20-14-10-9-13-19(20)23(28-22(26)17(2)3)27-21-15-11-8-12-18(21)4;1-3-2/h8-15,17H,7,16H2,1-6H3,(H2,26,27,28);3H2,1-2H3/t24-,25?;/m1./s1. The molecule has 3 heteroatoms. The summed E-state index contributed by atoms with van der Waals surface area (Å²) in [6, 6.07) is 16.7. The molecule has 3 nitrogen and oxygen atoms in total. The lowest BCUT2D eigenvalue weighted by atomic mass is 9.84. The molecule has 1 fully saturated rings. The van der Waals surface area contributed by atoms with Gasteiger partial charge in [0.2, 0.25) is 0 Å². The summed E-state index contributed by atoms with van der Waals surface area (Å²) >= 11 is 0. The van der Waals surface area contributed by atoms with Crippen LogP contribution in [0.3, 0.4) is 0 Å². The Bertz CT molecular complexity index is 941. The lowest BCUT2D eigenvalue weighted by molar-refractivity contribution is 0.461. The van der Waals surface area contributed by atoms with Crippen molar-refractivity contribution in [1.82, 2.24) is 0 Å². The minimum atomic E-state index is 0.146. The van der Waals surface area contributed by atoms with Crippen LogP contribution in [0.1, 0.15) is 84.4 Å². The van der Waals surface area contributed by atoms with Gasteiger partial charge in [-0.3, -0.25) is 0 Å². The van der Waals surface area contributed by atoms with Crippen LogP contribution in [0.25, 0.3) is 0 Å². The molecule has 0 amide bonds. The number of hydrogen-bond acceptors (Lipinski definition) is 1. The minimum Gasteiger partial charge on any atom is -0.387 e. The highest BCUT2D eigenvalue weighted by atomic mass is 15.0. The average Bonchev–Trinajstić information content (AvgIpc) is 3.32. The van der Waals surface area contributed by atoms with E-state index in [1.165, 1.54) is 24.8 Å². The summed E-state index contributed by atoms with van der Waals surface area (Å²) in [7, 11) is 0. The zero-order valence-electron chi connectivity index (χ0n) is 20.8. The summed E-state index contributed by atoms with van der Waals surface area (Å²) in [5, 5.41) is 0. The van der Waals surface area contributed by atoms with Gasteiger partial charge in [0.05, 0.1) is 5.69 Å². The Morgan fingerprint density at radius 3 is 2.13 bits per heavy atom. The maximum Gasteiger partial charge on any atom is 0.162 e. The van der Waals surface area contributed by atoms with Crippen molar-refractivity contribution in [2.45, 2.75) is 80.1 Å². The van der Waals surface area contributed by atoms with E-state index in [0.29, 0.717) is 17.1 Å². The quantitative estimate of drug-likeness (QED) is 0.394. The lowest BCUT2D eigenvalue weighted by Gasteiger charge is -2.21. The van der Waals surface area contributed by atoms with E-state index >= 15 is 0 Å². The van der Waals surface area contributed by atoms with E-state index in [1.54, 1.807) is 0 Å². The normalized spacial score (nSPS) is 23.4. The fourth-order valence-corrected chi connectivity index (χ4v) is 4.03. The van der Waals surface area contributed by atoms with Crippen LogP contribution in [-0.2, 0) is 5.41 Å². The smallest absolute Gasteiger partial charge is 0.162 e. The molecule has 2 atom stereocenters. The van der Waals surface area contributed by atoms with Crippen molar-refractivity contribution < 1.29 is 0 Å². The van der Waals surface area contributed by atoms with Crippen molar-refractivity contribution in [3.63, 3.8) is 0 Å². The van der Waals surface area contributed by atoms with Crippen LogP contribution >= 0.6 is 0 Å². The third kappa shape index (κ3) is 5.44. The Morgan fingerprint density at radius 1 is 1.00 bits per heavy atom. The largest absolute Gasteiger partial charge is 0.387 e. The molecule has 1 unspecified atom stereocenters. The monoisotopic (exact) mass is 419 g/mol. The fraction of sp³-hybridized carbons (Fsp3) is 0.500. The van der Waals surface area contributed by atoms with E-state index in [1.807, 2.05) is 18.2 Å². The molecule has 1 aliphatic carbocycles.